The van der Waals surface area contributed by atoms with Crippen LogP contribution in [0.4, 0.5) is 0 Å². The second-order valence-corrected chi connectivity index (χ2v) is 4.42. The predicted molar refractivity (Wildman–Crippen MR) is 61.7 cm³/mol. The number of halogens is 1. The molecule has 0 fully saturated rings. The molecular weight excluding hydrogens is 277 g/mol. The van der Waals surface area contributed by atoms with Crippen LogP contribution in [0, 0.1) is 0 Å². The Morgan fingerprint density at radius 2 is 2.08 bits per heavy atom. The molecule has 0 saturated heterocycles. The molecule has 1 aromatic rings. The highest BCUT2D eigenvalue weighted by atomic mass is 127. The van der Waals surface area contributed by atoms with Crippen LogP contribution in [0.3, 0.4) is 0 Å². The maximum absolute atomic E-state index is 9.56. The first-order valence-corrected chi connectivity index (χ1v) is 6.07. The Hall–Kier alpha value is -0.970. The molecule has 0 aliphatic carbocycles. The van der Waals surface area contributed by atoms with Crippen molar-refractivity contribution in [2.24, 2.45) is 3.15 Å². The normalized spacial score (nSPS) is 14.9. The summed E-state index contributed by atoms with van der Waals surface area (Å²) in [5.74, 6) is 0.314. The Morgan fingerprint density at radius 3 is 2.77 bits per heavy atom. The molecule has 0 spiro atoms. The second kappa shape index (κ2) is 3.83. The summed E-state index contributed by atoms with van der Waals surface area (Å²) >= 11 is -0.128. The molecule has 0 aromatic heterocycles. The van der Waals surface area contributed by atoms with Gasteiger partial charge in [0, 0.05) is 38.4 Å². The Bertz CT molecular complexity index is 407. The largest absolute Gasteiger partial charge is 0.507 e. The fourth-order valence-electron chi connectivity index (χ4n) is 1.13. The minimum absolute atomic E-state index is 0.128. The SMILES string of the molecule is Oc1ccccc1C1=CN=IC=C1. The Kier molecular flexibility index (Phi) is 2.54. The summed E-state index contributed by atoms with van der Waals surface area (Å²) in [5, 5.41) is 9.56. The number of rotatable bonds is 1. The van der Waals surface area contributed by atoms with Gasteiger partial charge in [-0.2, -0.15) is 0 Å². The van der Waals surface area contributed by atoms with Gasteiger partial charge in [-0.05, 0) is 16.2 Å². The molecule has 1 aliphatic rings. The molecule has 0 atom stereocenters. The molecule has 0 unspecified atom stereocenters. The Labute approximate surface area is 86.8 Å². The molecule has 3 heteroatoms. The third-order valence-corrected chi connectivity index (χ3v) is 3.04. The van der Waals surface area contributed by atoms with Crippen LogP contribution in [0.2, 0.25) is 0 Å². The number of para-hydroxylation sites is 1. The highest BCUT2D eigenvalue weighted by molar-refractivity contribution is 14.2. The van der Waals surface area contributed by atoms with Crippen LogP contribution >= 0.6 is 21.0 Å². The number of phenols is 1. The number of hydrogen-bond acceptors (Lipinski definition) is 2. The van der Waals surface area contributed by atoms with E-state index in [-0.39, 0.29) is 21.0 Å². The van der Waals surface area contributed by atoms with Crippen molar-refractivity contribution in [3.05, 3.63) is 46.2 Å². The van der Waals surface area contributed by atoms with Crippen molar-refractivity contribution in [3.63, 3.8) is 0 Å². The summed E-state index contributed by atoms with van der Waals surface area (Å²) < 4.78 is 6.31. The van der Waals surface area contributed by atoms with E-state index in [0.717, 1.165) is 11.1 Å². The smallest absolute Gasteiger partial charge is 0.123 e. The van der Waals surface area contributed by atoms with Crippen LogP contribution in [0.15, 0.2) is 43.8 Å². The summed E-state index contributed by atoms with van der Waals surface area (Å²) in [6, 6.07) is 7.31. The van der Waals surface area contributed by atoms with E-state index in [9.17, 15) is 5.11 Å². The fraction of sp³-hybridized carbons (Fsp3) is 0. The summed E-state index contributed by atoms with van der Waals surface area (Å²) in [5.41, 5.74) is 1.84. The molecule has 0 bridgehead atoms. The van der Waals surface area contributed by atoms with Crippen LogP contribution in [-0.2, 0) is 0 Å². The van der Waals surface area contributed by atoms with E-state index in [4.69, 9.17) is 0 Å². The third kappa shape index (κ3) is 1.85. The maximum Gasteiger partial charge on any atom is 0.123 e. The number of phenolic OH excluding ortho intramolecular Hbond substituents is 1. The first-order valence-electron chi connectivity index (χ1n) is 3.86. The molecule has 66 valence electrons. The molecule has 0 amide bonds. The van der Waals surface area contributed by atoms with Crippen molar-refractivity contribution in [1.82, 2.24) is 0 Å². The predicted octanol–water partition coefficient (Wildman–Crippen LogP) is 3.41. The van der Waals surface area contributed by atoms with Gasteiger partial charge in [0.2, 0.25) is 0 Å². The minimum atomic E-state index is -0.128. The number of hydrogen-bond donors (Lipinski definition) is 1. The molecule has 13 heavy (non-hydrogen) atoms. The molecule has 2 rings (SSSR count). The number of nitrogens with zero attached hydrogens (tertiary/aromatic N) is 1. The van der Waals surface area contributed by atoms with Crippen molar-refractivity contribution < 1.29 is 5.11 Å². The van der Waals surface area contributed by atoms with Gasteiger partial charge in [-0.25, -0.2) is 3.15 Å². The van der Waals surface area contributed by atoms with Gasteiger partial charge < -0.3 is 5.11 Å². The van der Waals surface area contributed by atoms with Crippen molar-refractivity contribution in [3.8, 4) is 5.75 Å². The van der Waals surface area contributed by atoms with Gasteiger partial charge in [0.25, 0.3) is 0 Å². The Morgan fingerprint density at radius 1 is 1.23 bits per heavy atom. The van der Waals surface area contributed by atoms with Crippen LogP contribution in [0.1, 0.15) is 5.56 Å². The molecule has 1 aromatic carbocycles. The average Bonchev–Trinajstić information content (AvgIpc) is 2.20. The van der Waals surface area contributed by atoms with Crippen LogP contribution < -0.4 is 0 Å². The zero-order chi connectivity index (χ0) is 9.10. The van der Waals surface area contributed by atoms with Gasteiger partial charge in [0.05, 0.1) is 0 Å². The van der Waals surface area contributed by atoms with Gasteiger partial charge in [-0.3, -0.25) is 0 Å². The lowest BCUT2D eigenvalue weighted by Crippen LogP contribution is -1.81. The molecule has 0 saturated carbocycles. The van der Waals surface area contributed by atoms with Gasteiger partial charge in [0.1, 0.15) is 5.75 Å². The monoisotopic (exact) mass is 285 g/mol. The van der Waals surface area contributed by atoms with Gasteiger partial charge >= 0.3 is 0 Å². The fourth-order valence-corrected chi connectivity index (χ4v) is 2.32. The van der Waals surface area contributed by atoms with Crippen LogP contribution in [0.5, 0.6) is 5.75 Å². The Balaban J connectivity index is 2.47. The summed E-state index contributed by atoms with van der Waals surface area (Å²) in [4.78, 5) is 0. The minimum Gasteiger partial charge on any atom is -0.507 e. The maximum atomic E-state index is 9.56. The van der Waals surface area contributed by atoms with Crippen LogP contribution in [-0.4, -0.2) is 5.11 Å². The van der Waals surface area contributed by atoms with Gasteiger partial charge in [0.15, 0.2) is 0 Å². The number of allylic oxidation sites excluding steroid dienone is 2. The average molecular weight is 285 g/mol. The van der Waals surface area contributed by atoms with Crippen molar-refractivity contribution in [2.45, 2.75) is 0 Å². The molecule has 1 N–H and O–H groups in total. The lowest BCUT2D eigenvalue weighted by Gasteiger charge is -2.04. The first-order chi connectivity index (χ1) is 6.38. The van der Waals surface area contributed by atoms with Crippen molar-refractivity contribution in [1.29, 1.82) is 0 Å². The highest BCUT2D eigenvalue weighted by Crippen LogP contribution is 2.28. The van der Waals surface area contributed by atoms with Gasteiger partial charge in [-0.1, -0.05) is 18.2 Å². The van der Waals surface area contributed by atoms with E-state index in [1.807, 2.05) is 30.5 Å². The zero-order valence-corrected chi connectivity index (χ0v) is 8.97. The quantitative estimate of drug-likeness (QED) is 0.788. The van der Waals surface area contributed by atoms with Crippen molar-refractivity contribution >= 4 is 26.6 Å². The third-order valence-electron chi connectivity index (χ3n) is 1.76. The molecule has 2 nitrogen and oxygen atoms in total. The molecular formula is C10H8INO. The van der Waals surface area contributed by atoms with E-state index < -0.39 is 0 Å². The zero-order valence-electron chi connectivity index (χ0n) is 6.81. The van der Waals surface area contributed by atoms with E-state index >= 15 is 0 Å². The standard InChI is InChI=1S/C10H8INO/c13-10-4-2-1-3-9(10)8-5-6-11-12-7-8/h1-7,13H. The lowest BCUT2D eigenvalue weighted by atomic mass is 10.1. The van der Waals surface area contributed by atoms with E-state index in [0.29, 0.717) is 5.75 Å². The second-order valence-electron chi connectivity index (χ2n) is 2.59. The summed E-state index contributed by atoms with van der Waals surface area (Å²) in [6.45, 7) is 0. The van der Waals surface area contributed by atoms with E-state index in [1.165, 1.54) is 0 Å². The molecule has 0 radical (unpaired) electrons. The molecule has 1 heterocycles. The number of benzene rings is 1. The molecule has 1 aliphatic heterocycles. The first kappa shape index (κ1) is 8.62. The highest BCUT2D eigenvalue weighted by Gasteiger charge is 2.03. The van der Waals surface area contributed by atoms with E-state index in [1.54, 1.807) is 6.07 Å². The topological polar surface area (TPSA) is 32.6 Å². The van der Waals surface area contributed by atoms with Gasteiger partial charge in [-0.15, -0.1) is 0 Å². The lowest BCUT2D eigenvalue weighted by molar-refractivity contribution is 0.473. The van der Waals surface area contributed by atoms with Crippen LogP contribution in [0.25, 0.3) is 5.57 Å². The van der Waals surface area contributed by atoms with E-state index in [2.05, 4.69) is 7.23 Å². The summed E-state index contributed by atoms with van der Waals surface area (Å²) in [7, 11) is 0. The number of aromatic hydroxyl groups is 1. The summed E-state index contributed by atoms with van der Waals surface area (Å²) in [6.07, 6.45) is 3.86. The van der Waals surface area contributed by atoms with Crippen molar-refractivity contribution in [2.75, 3.05) is 0 Å².